The number of hydrogen-bond donors (Lipinski definition) is 18. The Morgan fingerprint density at radius 1 is 0.369 bits per heavy atom. The highest BCUT2D eigenvalue weighted by molar-refractivity contribution is 8.76. The summed E-state index contributed by atoms with van der Waals surface area (Å²) in [6, 6.07) is 17.9. The average molecular weight is 1710 g/mol. The van der Waals surface area contributed by atoms with E-state index in [4.69, 9.17) is 22.9 Å². The maximum absolute atomic E-state index is 16.0. The topological polar surface area (TPSA) is 552 Å². The lowest BCUT2D eigenvalue weighted by Crippen LogP contribution is -2.61. The maximum Gasteiger partial charge on any atom is 0.312 e. The van der Waals surface area contributed by atoms with E-state index in [0.717, 1.165) is 27.0 Å². The van der Waals surface area contributed by atoms with E-state index in [0.29, 0.717) is 69.3 Å². The number of nitrogens with one attached hydrogen (secondary N) is 14. The van der Waals surface area contributed by atoms with E-state index in [1.54, 1.807) is 104 Å². The number of nitrogens with two attached hydrogens (primary N) is 4. The molecule has 0 unspecified atom stereocenters. The minimum atomic E-state index is -1.64. The monoisotopic (exact) mass is 1710 g/mol. The number of aromatic amines is 4. The smallest absolute Gasteiger partial charge is 0.312 e. The molecular formula is C86H110N20O14S2. The van der Waals surface area contributed by atoms with Crippen molar-refractivity contribution in [2.24, 2.45) is 46.6 Å². The number of amides is 12. The van der Waals surface area contributed by atoms with E-state index in [1.165, 1.54) is 18.9 Å². The average Bonchev–Trinajstić information content (AvgIpc) is 1.79. The van der Waals surface area contributed by atoms with Crippen LogP contribution in [0.3, 0.4) is 0 Å². The molecule has 0 aliphatic carbocycles. The largest absolute Gasteiger partial charge is 0.361 e. The first kappa shape index (κ1) is 92.3. The molecule has 2 fully saturated rings. The van der Waals surface area contributed by atoms with Gasteiger partial charge in [0.2, 0.25) is 47.3 Å². The molecule has 12 atom stereocenters. The summed E-state index contributed by atoms with van der Waals surface area (Å²) >= 11 is 0. The van der Waals surface area contributed by atoms with Gasteiger partial charge in [0.1, 0.15) is 59.6 Å². The van der Waals surface area contributed by atoms with E-state index < -0.39 is 180 Å². The Kier molecular flexibility index (Phi) is 35.7. The number of hydrogen-bond acceptors (Lipinski definition) is 20. The number of fused-ring (bicyclic) bond motifs is 7. The summed E-state index contributed by atoms with van der Waals surface area (Å²) in [6.07, 6.45) is 7.25. The lowest BCUT2D eigenvalue weighted by Gasteiger charge is -2.28. The van der Waals surface area contributed by atoms with Gasteiger partial charge in [-0.2, -0.15) is 0 Å². The Hall–Kier alpha value is -12.0. The number of nitrogens with zero attached hydrogens (tertiary/aromatic N) is 2. The van der Waals surface area contributed by atoms with Crippen LogP contribution in [-0.2, 0) is 96.1 Å². The minimum Gasteiger partial charge on any atom is -0.361 e. The van der Waals surface area contributed by atoms with Gasteiger partial charge in [-0.1, -0.05) is 125 Å². The van der Waals surface area contributed by atoms with Crippen LogP contribution in [0.2, 0.25) is 0 Å². The first-order valence-corrected chi connectivity index (χ1v) is 43.9. The molecule has 4 aromatic carbocycles. The van der Waals surface area contributed by atoms with Crippen LogP contribution in [0.25, 0.3) is 21.8 Å². The quantitative estimate of drug-likeness (QED) is 0.0246. The Labute approximate surface area is 713 Å². The van der Waals surface area contributed by atoms with E-state index in [2.05, 4.69) is 83.1 Å². The molecule has 8 aromatic rings. The second-order valence-electron chi connectivity index (χ2n) is 31.0. The van der Waals surface area contributed by atoms with Gasteiger partial charge in [-0.25, -0.2) is 19.6 Å². The van der Waals surface area contributed by atoms with Gasteiger partial charge in [0.05, 0.1) is 36.0 Å². The van der Waals surface area contributed by atoms with Crippen LogP contribution in [0, 0.1) is 23.7 Å². The summed E-state index contributed by atoms with van der Waals surface area (Å²) in [5.41, 5.74) is 27.5. The summed E-state index contributed by atoms with van der Waals surface area (Å²) in [5, 5.41) is 29.3. The minimum absolute atomic E-state index is 0.0252. The van der Waals surface area contributed by atoms with E-state index in [1.807, 2.05) is 24.3 Å². The van der Waals surface area contributed by atoms with Crippen LogP contribution >= 0.6 is 21.6 Å². The van der Waals surface area contributed by atoms with Gasteiger partial charge in [-0.15, -0.1) is 0 Å². The molecule has 2 aliphatic heterocycles. The number of unbranched alkanes of at least 4 members (excludes halogenated alkanes) is 2. The lowest BCUT2D eigenvalue weighted by molar-refractivity contribution is -0.136. The predicted molar refractivity (Wildman–Crippen MR) is 461 cm³/mol. The number of carbonyl (C=O) groups is 14. The molecule has 2 bridgehead atoms. The van der Waals surface area contributed by atoms with Crippen molar-refractivity contribution in [1.82, 2.24) is 83.1 Å². The van der Waals surface area contributed by atoms with Crippen molar-refractivity contribution in [2.75, 3.05) is 37.7 Å². The van der Waals surface area contributed by atoms with Crippen LogP contribution in [0.5, 0.6) is 0 Å². The molecule has 6 heterocycles. The van der Waals surface area contributed by atoms with Crippen LogP contribution in [0.1, 0.15) is 124 Å². The molecule has 650 valence electrons. The summed E-state index contributed by atoms with van der Waals surface area (Å²) in [4.78, 5) is 232. The Balaban J connectivity index is 1.13. The number of imidazole rings is 2. The third-order valence-electron chi connectivity index (χ3n) is 21.9. The molecule has 122 heavy (non-hydrogen) atoms. The van der Waals surface area contributed by atoms with E-state index >= 15 is 57.5 Å². The maximum atomic E-state index is 16.0. The summed E-state index contributed by atoms with van der Waals surface area (Å²) in [7, 11) is 2.05. The van der Waals surface area contributed by atoms with Gasteiger partial charge in [-0.05, 0) is 112 Å². The molecule has 22 N–H and O–H groups in total. The van der Waals surface area contributed by atoms with Gasteiger partial charge >= 0.3 is 12.1 Å². The fourth-order valence-corrected chi connectivity index (χ4v) is 17.8. The number of H-pyrrole nitrogens is 4. The molecule has 2 saturated heterocycles. The summed E-state index contributed by atoms with van der Waals surface area (Å²) in [6.45, 7) is 0.272. The first-order chi connectivity index (χ1) is 59.0. The van der Waals surface area contributed by atoms with Gasteiger partial charge in [0.25, 0.3) is 0 Å². The van der Waals surface area contributed by atoms with Gasteiger partial charge in [0, 0.05) is 147 Å². The zero-order valence-corrected chi connectivity index (χ0v) is 69.5. The standard InChI is InChI=1S/C86H110N20O14S2/c87-29-13-11-21-53-38-75(109)58-41-74(108)54(35-56-43-95-63-24-9-7-22-61(56)63)39-76(110)65(27-15-31-93-85(89)119)99-80(114)69(34-52-19-5-2-6-20-52)103-83(117)71(42-60-46-92-50-98-60)105-78(112)66(26-12-14-30-88)101-84(118)72(48-122-121-47-58)106-82(116)70(37-57-44-96-64-25-10-8-23-62(57)64)104-79(113)67(28-16-32-94-86(90)120)100-81(115)68(33-51-17-3-1-4-18-51)102-77(111)55(40-73(53)107)36-59-45-91-49-97-59/h1-10,17-20,22-25,43-46,49-50,53-55,58,65-72,95-96H,11-16,21,26-42,47-48,87-88H2,(H,91,97)(H,92,98)(H,99,114)(H,100,115)(H,101,118)(H,102,111)(H,103,117)(H,104,113)(H,105,112)(H,106,116)(H3,89,93,119)(H3,90,94,120)/t53-,54-,55-,58+,65+,66+,67+,68-,69-,70+,71+,72+/m1/s1. The third kappa shape index (κ3) is 28.3. The van der Waals surface area contributed by atoms with Crippen molar-refractivity contribution in [2.45, 2.75) is 177 Å². The van der Waals surface area contributed by atoms with Crippen LogP contribution < -0.4 is 76.1 Å². The highest BCUT2D eigenvalue weighted by Gasteiger charge is 2.40. The first-order valence-electron chi connectivity index (χ1n) is 41.4. The number of benzene rings is 4. The van der Waals surface area contributed by atoms with Crippen molar-refractivity contribution >= 4 is 126 Å². The third-order valence-corrected chi connectivity index (χ3v) is 24.4. The van der Waals surface area contributed by atoms with Gasteiger partial charge in [-0.3, -0.25) is 57.5 Å². The molecule has 0 saturated carbocycles. The van der Waals surface area contributed by atoms with Crippen molar-refractivity contribution in [1.29, 1.82) is 0 Å². The van der Waals surface area contributed by atoms with Crippen LogP contribution in [0.15, 0.2) is 147 Å². The number of rotatable bonds is 28. The molecule has 2 aliphatic rings. The SMILES string of the molecule is NCCCC[C@@H]1CC(=O)[C@@H]2CSSC[C@H](NC(=O)[C@H](Cc3c[nH]c4ccccc34)NC(=O)[C@H](CCCNC(N)=O)NC(=O)[C@@H](Cc3ccccc3)NC(=O)[C@H](Cc3c[nH]cn3)CC1=O)C(=O)N[C@@H](CCCCN)C(=O)N[C@@H](Cc1c[nH]cn1)C(=O)N[C@H](Cc1ccccc1)C(=O)N[C@@H](CCCNC(N)=O)C(=O)C[C@@H](Cc1c[nH]c3ccccc13)C(=O)C2. The highest BCUT2D eigenvalue weighted by Crippen LogP contribution is 2.33. The molecule has 34 nitrogen and oxygen atoms in total. The number of para-hydroxylation sites is 2. The van der Waals surface area contributed by atoms with Gasteiger partial charge < -0.3 is 96.0 Å². The van der Waals surface area contributed by atoms with Crippen molar-refractivity contribution in [3.63, 3.8) is 0 Å². The summed E-state index contributed by atoms with van der Waals surface area (Å²) < 4.78 is 0. The summed E-state index contributed by atoms with van der Waals surface area (Å²) in [5.74, 6) is -14.7. The van der Waals surface area contributed by atoms with E-state index in [-0.39, 0.29) is 121 Å². The van der Waals surface area contributed by atoms with Crippen molar-refractivity contribution in [3.05, 3.63) is 180 Å². The van der Waals surface area contributed by atoms with Gasteiger partial charge in [0.15, 0.2) is 5.78 Å². The second kappa shape index (κ2) is 47.3. The number of aromatic nitrogens is 6. The normalized spacial score (nSPS) is 22.9. The second-order valence-corrected chi connectivity index (χ2v) is 33.6. The van der Waals surface area contributed by atoms with E-state index in [9.17, 15) is 9.59 Å². The Morgan fingerprint density at radius 3 is 1.33 bits per heavy atom. The molecule has 4 aromatic heterocycles. The van der Waals surface area contributed by atoms with Crippen LogP contribution in [-0.4, -0.2) is 198 Å². The molecular weight excluding hydrogens is 1600 g/mol. The lowest BCUT2D eigenvalue weighted by atomic mass is 9.81. The highest BCUT2D eigenvalue weighted by atomic mass is 33.1. The number of Topliss-reactive ketones (excluding diaryl/α,β-unsaturated/α-hetero) is 4. The predicted octanol–water partition coefficient (Wildman–Crippen LogP) is 3.59. The van der Waals surface area contributed by atoms with Crippen LogP contribution in [0.4, 0.5) is 9.59 Å². The fraction of sp³-hybridized carbons (Fsp3) is 0.442. The number of ketones is 4. The number of urea groups is 2. The zero-order chi connectivity index (χ0) is 86.9. The molecule has 10 rings (SSSR count). The molecule has 0 spiro atoms. The molecule has 36 heteroatoms. The van der Waals surface area contributed by atoms with Crippen molar-refractivity contribution < 1.29 is 67.1 Å². The Bertz CT molecular complexity index is 4560. The number of primary amides is 2. The molecule has 12 amide bonds. The zero-order valence-electron chi connectivity index (χ0n) is 67.9. The Morgan fingerprint density at radius 2 is 0.787 bits per heavy atom. The fourth-order valence-electron chi connectivity index (χ4n) is 15.2. The van der Waals surface area contributed by atoms with Crippen molar-refractivity contribution in [3.8, 4) is 0 Å². The molecule has 0 radical (unpaired) electrons. The number of carbonyl (C=O) groups excluding carboxylic acids is 14.